The van der Waals surface area contributed by atoms with E-state index in [0.717, 1.165) is 6.42 Å². The van der Waals surface area contributed by atoms with Crippen LogP contribution in [0.15, 0.2) is 4.52 Å². The molecule has 106 valence electrons. The van der Waals surface area contributed by atoms with Crippen molar-refractivity contribution in [3.63, 3.8) is 0 Å². The van der Waals surface area contributed by atoms with Crippen LogP contribution >= 0.6 is 11.8 Å². The monoisotopic (exact) mass is 284 g/mol. The van der Waals surface area contributed by atoms with E-state index in [0.29, 0.717) is 35.1 Å². The Morgan fingerprint density at radius 3 is 2.89 bits per heavy atom. The molecule has 1 aliphatic rings. The maximum Gasteiger partial charge on any atom is 0.307 e. The number of thioether (sulfide) groups is 1. The largest absolute Gasteiger partial charge is 0.481 e. The van der Waals surface area contributed by atoms with E-state index in [4.69, 9.17) is 4.52 Å². The van der Waals surface area contributed by atoms with Crippen molar-refractivity contribution in [2.75, 3.05) is 0 Å². The van der Waals surface area contributed by atoms with Crippen molar-refractivity contribution in [3.05, 3.63) is 11.7 Å². The van der Waals surface area contributed by atoms with Crippen LogP contribution in [0.1, 0.15) is 51.2 Å². The summed E-state index contributed by atoms with van der Waals surface area (Å²) in [6.07, 6.45) is 1.51. The highest BCUT2D eigenvalue weighted by molar-refractivity contribution is 7.99. The number of carbonyl (C=O) groups is 1. The molecule has 1 aromatic heterocycles. The first-order valence-electron chi connectivity index (χ1n) is 6.64. The normalized spacial score (nSPS) is 27.1. The number of aromatic nitrogens is 2. The summed E-state index contributed by atoms with van der Waals surface area (Å²) in [4.78, 5) is 15.6. The van der Waals surface area contributed by atoms with Gasteiger partial charge in [0.15, 0.2) is 5.82 Å². The highest BCUT2D eigenvalue weighted by atomic mass is 32.2. The van der Waals surface area contributed by atoms with Gasteiger partial charge in [-0.25, -0.2) is 0 Å². The average Bonchev–Trinajstić information content (AvgIpc) is 2.92. The second-order valence-electron chi connectivity index (χ2n) is 5.54. The lowest BCUT2D eigenvalue weighted by Gasteiger charge is -2.09. The Kier molecular flexibility index (Phi) is 4.50. The van der Waals surface area contributed by atoms with Gasteiger partial charge < -0.3 is 9.63 Å². The Bertz CT molecular complexity index is 447. The van der Waals surface area contributed by atoms with Gasteiger partial charge in [-0.1, -0.05) is 25.9 Å². The van der Waals surface area contributed by atoms with E-state index in [-0.39, 0.29) is 11.8 Å². The van der Waals surface area contributed by atoms with Gasteiger partial charge in [0.05, 0.1) is 17.6 Å². The molecule has 0 amide bonds. The molecule has 0 bridgehead atoms. The minimum Gasteiger partial charge on any atom is -0.481 e. The van der Waals surface area contributed by atoms with Gasteiger partial charge in [0, 0.05) is 0 Å². The molecule has 2 rings (SSSR count). The number of hydrogen-bond acceptors (Lipinski definition) is 5. The minimum atomic E-state index is -0.759. The van der Waals surface area contributed by atoms with Gasteiger partial charge in [-0.05, 0) is 24.0 Å². The molecule has 0 spiro atoms. The van der Waals surface area contributed by atoms with Crippen molar-refractivity contribution in [1.82, 2.24) is 10.1 Å². The SMILES string of the molecule is CC1CC(C(=O)O)C(c2nc(CSC(C)C)no2)C1. The zero-order valence-corrected chi connectivity index (χ0v) is 12.3. The first-order valence-corrected chi connectivity index (χ1v) is 7.69. The third-order valence-electron chi connectivity index (χ3n) is 3.46. The quantitative estimate of drug-likeness (QED) is 0.896. The van der Waals surface area contributed by atoms with Gasteiger partial charge in [-0.3, -0.25) is 4.79 Å². The van der Waals surface area contributed by atoms with Gasteiger partial charge in [0.2, 0.25) is 5.89 Å². The summed E-state index contributed by atoms with van der Waals surface area (Å²) in [6, 6.07) is 0. The number of rotatable bonds is 5. The van der Waals surface area contributed by atoms with Gasteiger partial charge in [0.25, 0.3) is 0 Å². The highest BCUT2D eigenvalue weighted by Gasteiger charge is 2.41. The second-order valence-corrected chi connectivity index (χ2v) is 7.10. The zero-order chi connectivity index (χ0) is 14.0. The van der Waals surface area contributed by atoms with Crippen molar-refractivity contribution in [2.24, 2.45) is 11.8 Å². The molecule has 1 aromatic rings. The van der Waals surface area contributed by atoms with Gasteiger partial charge >= 0.3 is 5.97 Å². The molecule has 0 saturated heterocycles. The summed E-state index contributed by atoms with van der Waals surface area (Å²) in [6.45, 7) is 6.30. The van der Waals surface area contributed by atoms with Crippen LogP contribution in [0.25, 0.3) is 0 Å². The first kappa shape index (κ1) is 14.4. The molecule has 0 aromatic carbocycles. The Labute approximate surface area is 117 Å². The fourth-order valence-corrected chi connectivity index (χ4v) is 3.16. The van der Waals surface area contributed by atoms with E-state index in [1.807, 2.05) is 0 Å². The van der Waals surface area contributed by atoms with Crippen LogP contribution in [0.2, 0.25) is 0 Å². The van der Waals surface area contributed by atoms with Crippen molar-refractivity contribution >= 4 is 17.7 Å². The highest BCUT2D eigenvalue weighted by Crippen LogP contribution is 2.42. The molecular formula is C13H20N2O3S. The molecule has 3 atom stereocenters. The van der Waals surface area contributed by atoms with Crippen molar-refractivity contribution in [3.8, 4) is 0 Å². The van der Waals surface area contributed by atoms with Gasteiger partial charge in [-0.2, -0.15) is 16.7 Å². The molecule has 5 nitrogen and oxygen atoms in total. The molecule has 19 heavy (non-hydrogen) atoms. The topological polar surface area (TPSA) is 76.2 Å². The predicted molar refractivity (Wildman–Crippen MR) is 73.0 cm³/mol. The molecule has 3 unspecified atom stereocenters. The van der Waals surface area contributed by atoms with Crippen LogP contribution in [0.5, 0.6) is 0 Å². The number of hydrogen-bond donors (Lipinski definition) is 1. The Morgan fingerprint density at radius 2 is 2.26 bits per heavy atom. The number of carboxylic acids is 1. The summed E-state index contributed by atoms with van der Waals surface area (Å²) in [5, 5.41) is 13.7. The van der Waals surface area contributed by atoms with E-state index in [2.05, 4.69) is 30.9 Å². The summed E-state index contributed by atoms with van der Waals surface area (Å²) in [5.41, 5.74) is 0. The van der Waals surface area contributed by atoms with Crippen molar-refractivity contribution in [1.29, 1.82) is 0 Å². The molecule has 1 fully saturated rings. The molecular weight excluding hydrogens is 264 g/mol. The molecule has 1 N–H and O–H groups in total. The fourth-order valence-electron chi connectivity index (χ4n) is 2.56. The van der Waals surface area contributed by atoms with Crippen LogP contribution in [0.3, 0.4) is 0 Å². The smallest absolute Gasteiger partial charge is 0.307 e. The Morgan fingerprint density at radius 1 is 1.53 bits per heavy atom. The average molecular weight is 284 g/mol. The van der Waals surface area contributed by atoms with E-state index >= 15 is 0 Å². The number of carboxylic acid groups (broad SMARTS) is 1. The van der Waals surface area contributed by atoms with Crippen LogP contribution in [0, 0.1) is 11.8 Å². The molecule has 1 saturated carbocycles. The van der Waals surface area contributed by atoms with E-state index in [1.54, 1.807) is 11.8 Å². The van der Waals surface area contributed by atoms with E-state index < -0.39 is 5.97 Å². The fraction of sp³-hybridized carbons (Fsp3) is 0.769. The third-order valence-corrected chi connectivity index (χ3v) is 4.55. The second kappa shape index (κ2) is 5.94. The maximum atomic E-state index is 11.3. The molecule has 6 heteroatoms. The molecule has 0 aliphatic heterocycles. The summed E-state index contributed by atoms with van der Waals surface area (Å²) < 4.78 is 5.27. The van der Waals surface area contributed by atoms with Crippen molar-refractivity contribution in [2.45, 2.75) is 50.5 Å². The van der Waals surface area contributed by atoms with Crippen LogP contribution in [-0.2, 0) is 10.5 Å². The van der Waals surface area contributed by atoms with Crippen LogP contribution < -0.4 is 0 Å². The number of aliphatic carboxylic acids is 1. The molecule has 1 heterocycles. The molecule has 0 radical (unpaired) electrons. The first-order chi connectivity index (χ1) is 8.97. The standard InChI is InChI=1S/C13H20N2O3S/c1-7(2)19-6-11-14-12(18-15-11)9-4-8(3)5-10(9)13(16)17/h7-10H,4-6H2,1-3H3,(H,16,17). The number of nitrogens with zero attached hydrogens (tertiary/aromatic N) is 2. The van der Waals surface area contributed by atoms with Gasteiger partial charge in [-0.15, -0.1) is 0 Å². The zero-order valence-electron chi connectivity index (χ0n) is 11.5. The van der Waals surface area contributed by atoms with E-state index in [9.17, 15) is 9.90 Å². The van der Waals surface area contributed by atoms with Crippen LogP contribution in [0.4, 0.5) is 0 Å². The summed E-state index contributed by atoms with van der Waals surface area (Å²) >= 11 is 1.75. The Balaban J connectivity index is 2.06. The Hall–Kier alpha value is -1.04. The minimum absolute atomic E-state index is 0.127. The summed E-state index contributed by atoms with van der Waals surface area (Å²) in [7, 11) is 0. The lowest BCUT2D eigenvalue weighted by Crippen LogP contribution is -2.17. The lowest BCUT2D eigenvalue weighted by molar-refractivity contribution is -0.142. The molecule has 1 aliphatic carbocycles. The predicted octanol–water partition coefficient (Wildman–Crippen LogP) is 2.93. The maximum absolute atomic E-state index is 11.3. The van der Waals surface area contributed by atoms with Crippen LogP contribution in [-0.4, -0.2) is 26.5 Å². The van der Waals surface area contributed by atoms with Gasteiger partial charge in [0.1, 0.15) is 0 Å². The van der Waals surface area contributed by atoms with E-state index in [1.165, 1.54) is 0 Å². The van der Waals surface area contributed by atoms with Crippen molar-refractivity contribution < 1.29 is 14.4 Å². The third kappa shape index (κ3) is 3.49. The summed E-state index contributed by atoms with van der Waals surface area (Å²) in [5.74, 6) is 0.991. The lowest BCUT2D eigenvalue weighted by atomic mass is 9.96.